The molecule has 0 atom stereocenters. The number of hydrogen-bond acceptors (Lipinski definition) is 2. The Kier molecular flexibility index (Phi) is 4.43. The Hall–Kier alpha value is -1.42. The maximum Gasteiger partial charge on any atom is 0.335 e. The van der Waals surface area contributed by atoms with Crippen LogP contribution in [0.4, 0.5) is 0 Å². The van der Waals surface area contributed by atoms with Gasteiger partial charge in [-0.25, -0.2) is 4.79 Å². The third-order valence-corrected chi connectivity index (χ3v) is 4.38. The van der Waals surface area contributed by atoms with E-state index in [2.05, 4.69) is 38.3 Å². The molecule has 0 fully saturated rings. The van der Waals surface area contributed by atoms with Gasteiger partial charge in [0.05, 0.1) is 5.56 Å². The summed E-state index contributed by atoms with van der Waals surface area (Å²) in [4.78, 5) is 11.1. The van der Waals surface area contributed by atoms with Gasteiger partial charge in [-0.2, -0.15) is 11.8 Å². The lowest BCUT2D eigenvalue weighted by Crippen LogP contribution is -2.05. The molecule has 1 N–H and O–H groups in total. The number of nitrogens with zero attached hydrogens (tertiary/aromatic N) is 1. The van der Waals surface area contributed by atoms with Crippen LogP contribution in [0, 0.1) is 0 Å². The van der Waals surface area contributed by atoms with E-state index in [-0.39, 0.29) is 0 Å². The van der Waals surface area contributed by atoms with Gasteiger partial charge in [-0.15, -0.1) is 0 Å². The Morgan fingerprint density at radius 1 is 1.25 bits per heavy atom. The first-order valence-corrected chi connectivity index (χ1v) is 7.93. The molecule has 20 heavy (non-hydrogen) atoms. The zero-order valence-corrected chi connectivity index (χ0v) is 13.2. The lowest BCUT2D eigenvalue weighted by atomic mass is 10.1. The summed E-state index contributed by atoms with van der Waals surface area (Å²) < 4.78 is 2.30. The van der Waals surface area contributed by atoms with Gasteiger partial charge >= 0.3 is 5.97 Å². The number of carboxylic acid groups (broad SMARTS) is 1. The second-order valence-electron chi connectivity index (χ2n) is 5.54. The normalized spacial score (nSPS) is 11.7. The van der Waals surface area contributed by atoms with Gasteiger partial charge in [0.25, 0.3) is 0 Å². The summed E-state index contributed by atoms with van der Waals surface area (Å²) in [6, 6.07) is 7.86. The molecule has 4 heteroatoms. The summed E-state index contributed by atoms with van der Waals surface area (Å²) in [7, 11) is 0. The third-order valence-electron chi connectivity index (χ3n) is 3.25. The van der Waals surface area contributed by atoms with E-state index in [0.717, 1.165) is 16.7 Å². The van der Waals surface area contributed by atoms with Gasteiger partial charge in [0, 0.05) is 28.4 Å². The lowest BCUT2D eigenvalue weighted by Gasteiger charge is -2.15. The lowest BCUT2D eigenvalue weighted by molar-refractivity contribution is 0.0697. The van der Waals surface area contributed by atoms with Gasteiger partial charge in [0.1, 0.15) is 0 Å². The first kappa shape index (κ1) is 15.0. The van der Waals surface area contributed by atoms with Crippen LogP contribution in [0.3, 0.4) is 0 Å². The molecule has 0 spiro atoms. The maximum atomic E-state index is 11.1. The molecule has 1 aromatic heterocycles. The highest BCUT2D eigenvalue weighted by molar-refractivity contribution is 7.99. The fraction of sp³-hybridized carbons (Fsp3) is 0.438. The van der Waals surface area contributed by atoms with Gasteiger partial charge in [-0.1, -0.05) is 13.8 Å². The molecule has 3 nitrogen and oxygen atoms in total. The molecular weight excluding hydrogens is 270 g/mol. The highest BCUT2D eigenvalue weighted by Gasteiger charge is 2.13. The second kappa shape index (κ2) is 5.92. The van der Waals surface area contributed by atoms with E-state index in [0.29, 0.717) is 16.9 Å². The van der Waals surface area contributed by atoms with E-state index in [9.17, 15) is 4.79 Å². The molecule has 2 rings (SSSR count). The van der Waals surface area contributed by atoms with Crippen LogP contribution >= 0.6 is 11.8 Å². The Balaban J connectivity index is 2.50. The first-order chi connectivity index (χ1) is 9.40. The molecule has 0 radical (unpaired) electrons. The van der Waals surface area contributed by atoms with Crippen molar-refractivity contribution in [2.45, 2.75) is 44.7 Å². The molecule has 1 heterocycles. The Labute approximate surface area is 124 Å². The minimum absolute atomic E-state index is 0.349. The van der Waals surface area contributed by atoms with E-state index < -0.39 is 5.97 Å². The molecule has 0 unspecified atom stereocenters. The Morgan fingerprint density at radius 3 is 2.50 bits per heavy atom. The van der Waals surface area contributed by atoms with Crippen molar-refractivity contribution in [3.05, 3.63) is 35.5 Å². The van der Waals surface area contributed by atoms with E-state index in [4.69, 9.17) is 5.11 Å². The van der Waals surface area contributed by atoms with Crippen LogP contribution in [0.15, 0.2) is 24.3 Å². The maximum absolute atomic E-state index is 11.1. The van der Waals surface area contributed by atoms with Gasteiger partial charge in [-0.3, -0.25) is 0 Å². The summed E-state index contributed by atoms with van der Waals surface area (Å²) in [6.45, 7) is 8.70. The van der Waals surface area contributed by atoms with Crippen molar-refractivity contribution in [1.29, 1.82) is 0 Å². The van der Waals surface area contributed by atoms with Crippen LogP contribution in [0.1, 0.15) is 49.8 Å². The predicted octanol–water partition coefficient (Wildman–Crippen LogP) is 4.56. The number of carboxylic acids is 1. The zero-order valence-electron chi connectivity index (χ0n) is 12.4. The summed E-state index contributed by atoms with van der Waals surface area (Å²) in [6.07, 6.45) is 0. The minimum Gasteiger partial charge on any atom is -0.478 e. The second-order valence-corrected chi connectivity index (χ2v) is 7.10. The summed E-state index contributed by atoms with van der Waals surface area (Å²) in [5.41, 5.74) is 2.72. The third kappa shape index (κ3) is 3.01. The number of thioether (sulfide) groups is 1. The van der Waals surface area contributed by atoms with Crippen molar-refractivity contribution >= 4 is 28.6 Å². The molecule has 0 amide bonds. The Bertz CT molecular complexity index is 629. The van der Waals surface area contributed by atoms with Gasteiger partial charge < -0.3 is 9.67 Å². The monoisotopic (exact) mass is 291 g/mol. The quantitative estimate of drug-likeness (QED) is 0.878. The van der Waals surface area contributed by atoms with Crippen molar-refractivity contribution in [3.8, 4) is 0 Å². The molecule has 0 bridgehead atoms. The molecule has 0 aliphatic carbocycles. The van der Waals surface area contributed by atoms with Gasteiger partial charge in [0.15, 0.2) is 0 Å². The van der Waals surface area contributed by atoms with Crippen LogP contribution in [0.25, 0.3) is 10.9 Å². The molecule has 0 saturated heterocycles. The van der Waals surface area contributed by atoms with Crippen LogP contribution < -0.4 is 0 Å². The van der Waals surface area contributed by atoms with E-state index in [1.54, 1.807) is 12.1 Å². The Morgan fingerprint density at radius 2 is 1.95 bits per heavy atom. The number of carbonyl (C=O) groups is 1. The average molecular weight is 291 g/mol. The van der Waals surface area contributed by atoms with Crippen molar-refractivity contribution in [3.63, 3.8) is 0 Å². The number of benzene rings is 1. The number of fused-ring (bicyclic) bond motifs is 1. The van der Waals surface area contributed by atoms with E-state index in [1.807, 2.05) is 17.8 Å². The van der Waals surface area contributed by atoms with Gasteiger partial charge in [-0.05, 0) is 43.4 Å². The highest BCUT2D eigenvalue weighted by Crippen LogP contribution is 2.28. The van der Waals surface area contributed by atoms with Crippen molar-refractivity contribution in [2.75, 3.05) is 0 Å². The summed E-state index contributed by atoms with van der Waals surface area (Å²) in [5, 5.41) is 10.7. The molecule has 108 valence electrons. The van der Waals surface area contributed by atoms with Crippen molar-refractivity contribution < 1.29 is 9.90 Å². The van der Waals surface area contributed by atoms with Crippen LogP contribution in [0.2, 0.25) is 0 Å². The SMILES string of the molecule is CC(C)SCc1cc2cc(C(=O)O)ccc2n1C(C)C. The van der Waals surface area contributed by atoms with Gasteiger partial charge in [0.2, 0.25) is 0 Å². The summed E-state index contributed by atoms with van der Waals surface area (Å²) >= 11 is 1.90. The number of aromatic nitrogens is 1. The largest absolute Gasteiger partial charge is 0.478 e. The zero-order chi connectivity index (χ0) is 14.9. The molecule has 0 saturated carbocycles. The van der Waals surface area contributed by atoms with Crippen molar-refractivity contribution in [2.24, 2.45) is 0 Å². The standard InChI is InChI=1S/C16H21NO2S/c1-10(2)17-14(9-20-11(3)4)8-13-7-12(16(18)19)5-6-15(13)17/h5-8,10-11H,9H2,1-4H3,(H,18,19). The molecule has 0 aliphatic heterocycles. The predicted molar refractivity (Wildman–Crippen MR) is 85.7 cm³/mol. The molecule has 2 aromatic rings. The van der Waals surface area contributed by atoms with Crippen LogP contribution in [-0.4, -0.2) is 20.9 Å². The number of rotatable bonds is 5. The molecule has 0 aliphatic rings. The first-order valence-electron chi connectivity index (χ1n) is 6.89. The fourth-order valence-electron chi connectivity index (χ4n) is 2.40. The van der Waals surface area contributed by atoms with Crippen molar-refractivity contribution in [1.82, 2.24) is 4.57 Å². The average Bonchev–Trinajstić information content (AvgIpc) is 2.73. The molecular formula is C16H21NO2S. The fourth-order valence-corrected chi connectivity index (χ4v) is 3.13. The highest BCUT2D eigenvalue weighted by atomic mass is 32.2. The number of hydrogen-bond donors (Lipinski definition) is 1. The minimum atomic E-state index is -0.873. The van der Waals surface area contributed by atoms with E-state index in [1.165, 1.54) is 5.69 Å². The molecule has 1 aromatic carbocycles. The van der Waals surface area contributed by atoms with Crippen LogP contribution in [0.5, 0.6) is 0 Å². The van der Waals surface area contributed by atoms with Crippen LogP contribution in [-0.2, 0) is 5.75 Å². The smallest absolute Gasteiger partial charge is 0.335 e. The van der Waals surface area contributed by atoms with E-state index >= 15 is 0 Å². The number of aromatic carboxylic acids is 1. The summed E-state index contributed by atoms with van der Waals surface area (Å²) in [5.74, 6) is 0.0785. The topological polar surface area (TPSA) is 42.2 Å².